The van der Waals surface area contributed by atoms with Gasteiger partial charge >= 0.3 is 0 Å². The first-order chi connectivity index (χ1) is 10.4. The topological polar surface area (TPSA) is 30.7 Å². The zero-order valence-corrected chi connectivity index (χ0v) is 11.8. The van der Waals surface area contributed by atoms with Gasteiger partial charge in [0.25, 0.3) is 0 Å². The Kier molecular flexibility index (Phi) is 2.71. The van der Waals surface area contributed by atoms with Crippen molar-refractivity contribution in [2.24, 2.45) is 0 Å². The fraction of sp³-hybridized carbons (Fsp3) is 0.111. The van der Waals surface area contributed by atoms with E-state index in [-0.39, 0.29) is 0 Å². The van der Waals surface area contributed by atoms with E-state index in [1.165, 1.54) is 5.52 Å². The van der Waals surface area contributed by atoms with Crippen molar-refractivity contribution in [1.82, 2.24) is 14.8 Å². The maximum absolute atomic E-state index is 4.44. The third-order valence-electron chi connectivity index (χ3n) is 3.90. The summed E-state index contributed by atoms with van der Waals surface area (Å²) in [5.74, 6) is 0. The maximum atomic E-state index is 4.44. The Labute approximate surface area is 123 Å². The number of aromatic nitrogens is 3. The van der Waals surface area contributed by atoms with Crippen LogP contribution in [0.5, 0.6) is 0 Å². The number of fused-ring (bicyclic) bond motifs is 3. The summed E-state index contributed by atoms with van der Waals surface area (Å²) in [6.45, 7) is 3.08. The van der Waals surface area contributed by atoms with Crippen LogP contribution in [0.15, 0.2) is 60.8 Å². The second kappa shape index (κ2) is 4.70. The normalized spacial score (nSPS) is 11.3. The molecule has 0 aliphatic carbocycles. The average molecular weight is 273 g/mol. The highest BCUT2D eigenvalue weighted by molar-refractivity contribution is 5.97. The Morgan fingerprint density at radius 2 is 1.57 bits per heavy atom. The van der Waals surface area contributed by atoms with Gasteiger partial charge in [0, 0.05) is 29.3 Å². The van der Waals surface area contributed by atoms with Crippen molar-refractivity contribution in [3.8, 4) is 22.5 Å². The van der Waals surface area contributed by atoms with Gasteiger partial charge in [0.15, 0.2) is 0 Å². The van der Waals surface area contributed by atoms with E-state index < -0.39 is 0 Å². The summed E-state index contributed by atoms with van der Waals surface area (Å²) in [6.07, 6.45) is 2.17. The molecule has 2 aromatic rings. The summed E-state index contributed by atoms with van der Waals surface area (Å²) >= 11 is 0. The summed E-state index contributed by atoms with van der Waals surface area (Å²) in [4.78, 5) is 0. The van der Waals surface area contributed by atoms with Crippen LogP contribution in [0, 0.1) is 0 Å². The standard InChI is InChI=1S/C18H15N3/c1-2-21-12-15-17(13-8-4-3-5-9-13)19-20-18(15)14-10-6-7-11-16(14)21/h3-12H,2H2,1H3. The molecule has 0 fully saturated rings. The molecule has 0 atom stereocenters. The lowest BCUT2D eigenvalue weighted by molar-refractivity contribution is 0.790. The molecular weight excluding hydrogens is 258 g/mol. The van der Waals surface area contributed by atoms with Crippen LogP contribution in [0.2, 0.25) is 0 Å². The van der Waals surface area contributed by atoms with Crippen LogP contribution in [-0.4, -0.2) is 14.8 Å². The molecule has 2 aliphatic rings. The molecular formula is C18H15N3. The van der Waals surface area contributed by atoms with Crippen molar-refractivity contribution in [3.05, 3.63) is 60.8 Å². The van der Waals surface area contributed by atoms with Gasteiger partial charge in [-0.15, -0.1) is 10.2 Å². The molecule has 3 heteroatoms. The third kappa shape index (κ3) is 1.82. The molecule has 2 aliphatic heterocycles. The summed E-state index contributed by atoms with van der Waals surface area (Å²) in [7, 11) is 0. The van der Waals surface area contributed by atoms with Gasteiger partial charge in [0.2, 0.25) is 0 Å². The molecule has 0 saturated carbocycles. The maximum Gasteiger partial charge on any atom is 0.106 e. The Balaban J connectivity index is 2.06. The van der Waals surface area contributed by atoms with Crippen LogP contribution < -0.4 is 0 Å². The van der Waals surface area contributed by atoms with Gasteiger partial charge in [-0.25, -0.2) is 0 Å². The fourth-order valence-electron chi connectivity index (χ4n) is 2.86. The fourth-order valence-corrected chi connectivity index (χ4v) is 2.86. The number of rotatable bonds is 2. The number of para-hydroxylation sites is 1. The summed E-state index contributed by atoms with van der Waals surface area (Å²) in [6, 6.07) is 18.6. The molecule has 0 saturated heterocycles. The summed E-state index contributed by atoms with van der Waals surface area (Å²) in [5.41, 5.74) is 5.36. The predicted molar refractivity (Wildman–Crippen MR) is 85.3 cm³/mol. The number of aryl methyl sites for hydroxylation is 1. The molecule has 2 heterocycles. The number of hydrogen-bond donors (Lipinski definition) is 0. The first kappa shape index (κ1) is 12.1. The minimum absolute atomic E-state index is 0.926. The van der Waals surface area contributed by atoms with Crippen molar-refractivity contribution in [1.29, 1.82) is 0 Å². The van der Waals surface area contributed by atoms with Crippen LogP contribution in [-0.2, 0) is 6.54 Å². The molecule has 102 valence electrons. The van der Waals surface area contributed by atoms with Crippen LogP contribution in [0.3, 0.4) is 0 Å². The van der Waals surface area contributed by atoms with Crippen LogP contribution in [0.1, 0.15) is 6.92 Å². The second-order valence-electron chi connectivity index (χ2n) is 5.11. The second-order valence-corrected chi connectivity index (χ2v) is 5.11. The quantitative estimate of drug-likeness (QED) is 0.547. The molecule has 0 N–H and O–H groups in total. The van der Waals surface area contributed by atoms with Crippen molar-refractivity contribution in [2.45, 2.75) is 13.5 Å². The van der Waals surface area contributed by atoms with Crippen molar-refractivity contribution < 1.29 is 0 Å². The highest BCUT2D eigenvalue weighted by Crippen LogP contribution is 2.36. The van der Waals surface area contributed by atoms with E-state index in [4.69, 9.17) is 0 Å². The van der Waals surface area contributed by atoms with Gasteiger partial charge in [-0.05, 0) is 13.0 Å². The smallest absolute Gasteiger partial charge is 0.106 e. The highest BCUT2D eigenvalue weighted by Gasteiger charge is 2.19. The molecule has 0 radical (unpaired) electrons. The van der Waals surface area contributed by atoms with E-state index in [0.29, 0.717) is 0 Å². The van der Waals surface area contributed by atoms with Gasteiger partial charge in [-0.3, -0.25) is 0 Å². The van der Waals surface area contributed by atoms with Gasteiger partial charge in [-0.1, -0.05) is 48.5 Å². The largest absolute Gasteiger partial charge is 0.347 e. The van der Waals surface area contributed by atoms with Gasteiger partial charge in [-0.2, -0.15) is 0 Å². The minimum atomic E-state index is 0.926. The number of pyridine rings is 1. The summed E-state index contributed by atoms with van der Waals surface area (Å²) in [5, 5.41) is 10.0. The monoisotopic (exact) mass is 273 g/mol. The Hall–Kier alpha value is -2.68. The molecule has 0 spiro atoms. The molecule has 0 unspecified atom stereocenters. The predicted octanol–water partition coefficient (Wildman–Crippen LogP) is 4.22. The first-order valence-corrected chi connectivity index (χ1v) is 7.18. The van der Waals surface area contributed by atoms with Gasteiger partial charge in [0.05, 0.1) is 5.52 Å². The lowest BCUT2D eigenvalue weighted by Crippen LogP contribution is -2.00. The van der Waals surface area contributed by atoms with E-state index in [0.717, 1.165) is 34.4 Å². The van der Waals surface area contributed by atoms with Crippen molar-refractivity contribution >= 4 is 10.9 Å². The zero-order chi connectivity index (χ0) is 14.2. The molecule has 21 heavy (non-hydrogen) atoms. The molecule has 3 nitrogen and oxygen atoms in total. The first-order valence-electron chi connectivity index (χ1n) is 7.18. The minimum Gasteiger partial charge on any atom is -0.347 e. The average Bonchev–Trinajstić information content (AvgIpc) is 2.99. The van der Waals surface area contributed by atoms with Gasteiger partial charge in [0.1, 0.15) is 11.4 Å². The van der Waals surface area contributed by atoms with E-state index in [9.17, 15) is 0 Å². The molecule has 0 bridgehead atoms. The lowest BCUT2D eigenvalue weighted by atomic mass is 10.0. The van der Waals surface area contributed by atoms with Crippen LogP contribution >= 0.6 is 0 Å². The molecule has 0 aromatic heterocycles. The molecule has 0 amide bonds. The van der Waals surface area contributed by atoms with Gasteiger partial charge < -0.3 is 4.57 Å². The number of benzene rings is 2. The molecule has 4 rings (SSSR count). The van der Waals surface area contributed by atoms with Crippen molar-refractivity contribution in [2.75, 3.05) is 0 Å². The number of hydrogen-bond acceptors (Lipinski definition) is 2. The van der Waals surface area contributed by atoms with E-state index in [1.54, 1.807) is 0 Å². The SMILES string of the molecule is CCn1cc2c(-c3ccccc3)nnc-2c2ccccc21. The zero-order valence-electron chi connectivity index (χ0n) is 11.8. The Morgan fingerprint density at radius 1 is 0.857 bits per heavy atom. The van der Waals surface area contributed by atoms with E-state index in [2.05, 4.69) is 64.3 Å². The Morgan fingerprint density at radius 3 is 2.38 bits per heavy atom. The summed E-state index contributed by atoms with van der Waals surface area (Å²) < 4.78 is 2.26. The van der Waals surface area contributed by atoms with Crippen LogP contribution in [0.4, 0.5) is 0 Å². The Bertz CT molecular complexity index is 878. The lowest BCUT2D eigenvalue weighted by Gasteiger charge is -2.12. The number of nitrogens with zero attached hydrogens (tertiary/aromatic N) is 3. The third-order valence-corrected chi connectivity index (χ3v) is 3.90. The van der Waals surface area contributed by atoms with Crippen LogP contribution in [0.25, 0.3) is 33.4 Å². The highest BCUT2D eigenvalue weighted by atomic mass is 15.1. The molecule has 2 aromatic carbocycles. The van der Waals surface area contributed by atoms with E-state index >= 15 is 0 Å². The van der Waals surface area contributed by atoms with E-state index in [1.807, 2.05) is 18.2 Å². The van der Waals surface area contributed by atoms with Crippen molar-refractivity contribution in [3.63, 3.8) is 0 Å².